The zero-order chi connectivity index (χ0) is 21.0. The van der Waals surface area contributed by atoms with Crippen molar-refractivity contribution in [2.45, 2.75) is 5.54 Å². The van der Waals surface area contributed by atoms with E-state index >= 15 is 0 Å². The summed E-state index contributed by atoms with van der Waals surface area (Å²) in [5.41, 5.74) is 5.45. The van der Waals surface area contributed by atoms with Gasteiger partial charge in [-0.15, -0.1) is 0 Å². The molecular formula is C23H19ClN2O4. The zero-order valence-electron chi connectivity index (χ0n) is 16.2. The number of nitrogens with zero attached hydrogens (tertiary/aromatic N) is 1. The lowest BCUT2D eigenvalue weighted by Crippen LogP contribution is -2.27. The third-order valence-corrected chi connectivity index (χ3v) is 5.22. The Morgan fingerprint density at radius 2 is 1.77 bits per heavy atom. The molecule has 1 aliphatic rings. The normalized spacial score (nSPS) is 17.6. The van der Waals surface area contributed by atoms with Crippen molar-refractivity contribution in [3.05, 3.63) is 88.9 Å². The van der Waals surface area contributed by atoms with Gasteiger partial charge in [0.15, 0.2) is 5.54 Å². The predicted molar refractivity (Wildman–Crippen MR) is 114 cm³/mol. The second-order valence-corrected chi connectivity index (χ2v) is 7.14. The van der Waals surface area contributed by atoms with Crippen molar-refractivity contribution in [2.24, 2.45) is 4.99 Å². The highest BCUT2D eigenvalue weighted by Crippen LogP contribution is 2.39. The maximum Gasteiger partial charge on any atom is 0.320 e. The first kappa shape index (κ1) is 19.8. The summed E-state index contributed by atoms with van der Waals surface area (Å²) in [5, 5.41) is 0.629. The minimum Gasteiger partial charge on any atom is -0.497 e. The van der Waals surface area contributed by atoms with Crippen LogP contribution >= 0.6 is 11.6 Å². The van der Waals surface area contributed by atoms with Crippen LogP contribution in [0.5, 0.6) is 5.75 Å². The third kappa shape index (κ3) is 3.82. The first-order valence-corrected chi connectivity index (χ1v) is 9.61. The highest BCUT2D eigenvalue weighted by Gasteiger charge is 2.41. The second kappa shape index (κ2) is 8.47. The number of amidine groups is 1. The Kier molecular flexibility index (Phi) is 5.59. The fourth-order valence-corrected chi connectivity index (χ4v) is 3.61. The lowest BCUT2D eigenvalue weighted by Gasteiger charge is -2.26. The van der Waals surface area contributed by atoms with Crippen molar-refractivity contribution in [1.29, 1.82) is 0 Å². The molecule has 7 heteroatoms. The first-order chi connectivity index (χ1) is 14.6. The zero-order valence-corrected chi connectivity index (χ0v) is 16.9. The Bertz CT molecular complexity index is 1080. The molecule has 1 N–H and O–H groups in total. The molecule has 6 nitrogen and oxygen atoms in total. The minimum absolute atomic E-state index is 0.129. The summed E-state index contributed by atoms with van der Waals surface area (Å²) in [4.78, 5) is 19.9. The number of hydrogen-bond acceptors (Lipinski definition) is 6. The van der Waals surface area contributed by atoms with Gasteiger partial charge in [0.25, 0.3) is 0 Å². The minimum atomic E-state index is -0.825. The third-order valence-electron chi connectivity index (χ3n) is 4.97. The van der Waals surface area contributed by atoms with Crippen LogP contribution in [0.4, 0.5) is 0 Å². The van der Waals surface area contributed by atoms with Crippen LogP contribution in [0.2, 0.25) is 5.02 Å². The molecule has 4 rings (SSSR count). The summed E-state index contributed by atoms with van der Waals surface area (Å²) < 4.78 is 11.0. The van der Waals surface area contributed by atoms with E-state index < -0.39 is 5.54 Å². The molecule has 1 aliphatic heterocycles. The van der Waals surface area contributed by atoms with Crippen LogP contribution in [0.15, 0.2) is 77.8 Å². The molecule has 0 unspecified atom stereocenters. The van der Waals surface area contributed by atoms with E-state index in [2.05, 4.69) is 16.4 Å². The number of carbonyl (C=O) groups is 1. The molecule has 3 aromatic carbocycles. The van der Waals surface area contributed by atoms with Crippen LogP contribution in [0, 0.1) is 0 Å². The van der Waals surface area contributed by atoms with Gasteiger partial charge < -0.3 is 14.3 Å². The maximum absolute atomic E-state index is 10.5. The maximum atomic E-state index is 10.5. The van der Waals surface area contributed by atoms with E-state index in [1.54, 1.807) is 7.11 Å². The number of ether oxygens (including phenoxy) is 2. The number of carbonyl (C=O) groups excluding carboxylic acids is 1. The standard InChI is InChI=1S/C23H19ClN2O4/c1-28-21-7-3-5-17(13-21)16-4-2-6-19(12-16)23(18-8-10-20(24)11-9-18)14-29-22(25-23)26-30-15-27/h2-13,15H,14H2,1H3,(H,25,26)/t23-/m0/s1. The predicted octanol–water partition coefficient (Wildman–Crippen LogP) is 4.32. The number of hydroxylamine groups is 1. The lowest BCUT2D eigenvalue weighted by atomic mass is 9.83. The number of rotatable bonds is 6. The Morgan fingerprint density at radius 1 is 1.03 bits per heavy atom. The van der Waals surface area contributed by atoms with E-state index in [0.29, 0.717) is 5.02 Å². The molecule has 30 heavy (non-hydrogen) atoms. The van der Waals surface area contributed by atoms with Crippen molar-refractivity contribution in [1.82, 2.24) is 5.48 Å². The number of nitrogens with one attached hydrogen (secondary N) is 1. The van der Waals surface area contributed by atoms with Crippen molar-refractivity contribution >= 4 is 24.1 Å². The van der Waals surface area contributed by atoms with Gasteiger partial charge in [-0.1, -0.05) is 54.1 Å². The van der Waals surface area contributed by atoms with Crippen LogP contribution in [-0.2, 0) is 19.9 Å². The van der Waals surface area contributed by atoms with Gasteiger partial charge in [0.1, 0.15) is 12.4 Å². The molecule has 152 valence electrons. The van der Waals surface area contributed by atoms with Crippen molar-refractivity contribution < 1.29 is 19.1 Å². The van der Waals surface area contributed by atoms with Crippen LogP contribution in [0.1, 0.15) is 11.1 Å². The number of aliphatic imine (C=N–C) groups is 1. The quantitative estimate of drug-likeness (QED) is 0.473. The van der Waals surface area contributed by atoms with Crippen molar-refractivity contribution in [3.63, 3.8) is 0 Å². The van der Waals surface area contributed by atoms with Gasteiger partial charge in [0, 0.05) is 5.02 Å². The van der Waals surface area contributed by atoms with Gasteiger partial charge in [-0.05, 0) is 52.6 Å². The molecule has 0 saturated heterocycles. The molecule has 0 spiro atoms. The van der Waals surface area contributed by atoms with Crippen LogP contribution in [-0.4, -0.2) is 26.2 Å². The Hall–Kier alpha value is -3.51. The Morgan fingerprint density at radius 3 is 2.50 bits per heavy atom. The highest BCUT2D eigenvalue weighted by atomic mass is 35.5. The highest BCUT2D eigenvalue weighted by molar-refractivity contribution is 6.30. The number of benzene rings is 3. The SMILES string of the molecule is COc1cccc(-c2cccc([C@@]3(c4ccc(Cl)cc4)COC(NOC=O)=N3)c2)c1. The number of hydrogen-bond donors (Lipinski definition) is 1. The summed E-state index contributed by atoms with van der Waals surface area (Å²) in [5.74, 6) is 0.782. The van der Waals surface area contributed by atoms with Gasteiger partial charge in [-0.25, -0.2) is 4.99 Å². The molecule has 0 aliphatic carbocycles. The molecule has 0 saturated carbocycles. The summed E-state index contributed by atoms with van der Waals surface area (Å²) >= 11 is 6.09. The summed E-state index contributed by atoms with van der Waals surface area (Å²) in [6, 6.07) is 23.5. The summed E-state index contributed by atoms with van der Waals surface area (Å²) in [7, 11) is 1.64. The fraction of sp³-hybridized carbons (Fsp3) is 0.130. The van der Waals surface area contributed by atoms with E-state index in [0.717, 1.165) is 28.0 Å². The molecular weight excluding hydrogens is 404 g/mol. The molecule has 0 radical (unpaired) electrons. The first-order valence-electron chi connectivity index (χ1n) is 9.23. The second-order valence-electron chi connectivity index (χ2n) is 6.70. The molecule has 3 aromatic rings. The van der Waals surface area contributed by atoms with Gasteiger partial charge >= 0.3 is 12.5 Å². The van der Waals surface area contributed by atoms with Crippen LogP contribution in [0.3, 0.4) is 0 Å². The smallest absolute Gasteiger partial charge is 0.320 e. The number of halogens is 1. The lowest BCUT2D eigenvalue weighted by molar-refractivity contribution is -0.132. The largest absolute Gasteiger partial charge is 0.497 e. The molecule has 0 bridgehead atoms. The Balaban J connectivity index is 1.81. The summed E-state index contributed by atoms with van der Waals surface area (Å²) in [6.07, 6.45) is 0. The van der Waals surface area contributed by atoms with E-state index in [1.165, 1.54) is 0 Å². The monoisotopic (exact) mass is 422 g/mol. The van der Waals surface area contributed by atoms with E-state index in [1.807, 2.05) is 66.7 Å². The molecule has 1 atom stereocenters. The van der Waals surface area contributed by atoms with Crippen LogP contribution in [0.25, 0.3) is 11.1 Å². The van der Waals surface area contributed by atoms with Gasteiger partial charge in [-0.2, -0.15) is 5.48 Å². The summed E-state index contributed by atoms with van der Waals surface area (Å²) in [6.45, 7) is 0.512. The molecule has 0 fully saturated rings. The average Bonchev–Trinajstić information content (AvgIpc) is 3.24. The van der Waals surface area contributed by atoms with Crippen LogP contribution < -0.4 is 10.2 Å². The van der Waals surface area contributed by atoms with Gasteiger partial charge in [-0.3, -0.25) is 4.79 Å². The fourth-order valence-electron chi connectivity index (χ4n) is 3.48. The van der Waals surface area contributed by atoms with E-state index in [-0.39, 0.29) is 19.1 Å². The van der Waals surface area contributed by atoms with E-state index in [4.69, 9.17) is 26.1 Å². The average molecular weight is 423 g/mol. The van der Waals surface area contributed by atoms with Crippen molar-refractivity contribution in [3.8, 4) is 16.9 Å². The van der Waals surface area contributed by atoms with E-state index in [9.17, 15) is 4.79 Å². The molecule has 0 aromatic heterocycles. The Labute approximate surface area is 179 Å². The van der Waals surface area contributed by atoms with Crippen molar-refractivity contribution in [2.75, 3.05) is 13.7 Å². The topological polar surface area (TPSA) is 69.2 Å². The molecule has 0 amide bonds. The van der Waals surface area contributed by atoms with Gasteiger partial charge in [0.2, 0.25) is 0 Å². The van der Waals surface area contributed by atoms with Gasteiger partial charge in [0.05, 0.1) is 7.11 Å². The molecule has 1 heterocycles. The number of methoxy groups -OCH3 is 1.